The molecule has 0 saturated heterocycles. The zero-order chi connectivity index (χ0) is 9.97. The first-order valence-electron chi connectivity index (χ1n) is 5.08. The SMILES string of the molecule is COc1ccc(C)nc1NC1CCC1. The van der Waals surface area contributed by atoms with Crippen molar-refractivity contribution in [3.63, 3.8) is 0 Å². The molecule has 0 bridgehead atoms. The summed E-state index contributed by atoms with van der Waals surface area (Å²) in [4.78, 5) is 4.43. The maximum absolute atomic E-state index is 5.24. The molecule has 1 aliphatic carbocycles. The Morgan fingerprint density at radius 1 is 1.43 bits per heavy atom. The lowest BCUT2D eigenvalue weighted by Crippen LogP contribution is -2.27. The van der Waals surface area contributed by atoms with Crippen molar-refractivity contribution in [1.82, 2.24) is 4.98 Å². The van der Waals surface area contributed by atoms with Crippen LogP contribution in [0.4, 0.5) is 5.82 Å². The molecule has 3 heteroatoms. The Hall–Kier alpha value is -1.25. The number of anilines is 1. The third kappa shape index (κ3) is 1.81. The van der Waals surface area contributed by atoms with E-state index in [1.807, 2.05) is 19.1 Å². The molecule has 0 spiro atoms. The molecule has 1 N–H and O–H groups in total. The quantitative estimate of drug-likeness (QED) is 0.798. The highest BCUT2D eigenvalue weighted by molar-refractivity contribution is 5.51. The molecule has 1 aliphatic rings. The number of ether oxygens (including phenoxy) is 1. The summed E-state index contributed by atoms with van der Waals surface area (Å²) in [6.07, 6.45) is 3.82. The summed E-state index contributed by atoms with van der Waals surface area (Å²) in [7, 11) is 1.68. The highest BCUT2D eigenvalue weighted by Gasteiger charge is 2.18. The molecule has 14 heavy (non-hydrogen) atoms. The summed E-state index contributed by atoms with van der Waals surface area (Å²) in [5, 5.41) is 3.40. The Morgan fingerprint density at radius 3 is 2.79 bits per heavy atom. The van der Waals surface area contributed by atoms with Gasteiger partial charge in [-0.05, 0) is 38.3 Å². The lowest BCUT2D eigenvalue weighted by atomic mass is 9.93. The van der Waals surface area contributed by atoms with Crippen molar-refractivity contribution in [2.75, 3.05) is 12.4 Å². The van der Waals surface area contributed by atoms with Crippen molar-refractivity contribution >= 4 is 5.82 Å². The molecular weight excluding hydrogens is 176 g/mol. The van der Waals surface area contributed by atoms with Gasteiger partial charge >= 0.3 is 0 Å². The van der Waals surface area contributed by atoms with Crippen molar-refractivity contribution in [2.24, 2.45) is 0 Å². The fourth-order valence-electron chi connectivity index (χ4n) is 1.56. The van der Waals surface area contributed by atoms with Gasteiger partial charge in [0.2, 0.25) is 0 Å². The van der Waals surface area contributed by atoms with Gasteiger partial charge in [0.1, 0.15) is 0 Å². The number of aromatic nitrogens is 1. The summed E-state index contributed by atoms with van der Waals surface area (Å²) >= 11 is 0. The first-order valence-corrected chi connectivity index (χ1v) is 5.08. The molecule has 0 aromatic carbocycles. The average Bonchev–Trinajstić information content (AvgIpc) is 2.12. The smallest absolute Gasteiger partial charge is 0.169 e. The van der Waals surface area contributed by atoms with Gasteiger partial charge in [-0.25, -0.2) is 4.98 Å². The van der Waals surface area contributed by atoms with Crippen LogP contribution in [-0.2, 0) is 0 Å². The lowest BCUT2D eigenvalue weighted by molar-refractivity contribution is 0.407. The first-order chi connectivity index (χ1) is 6.79. The average molecular weight is 192 g/mol. The molecule has 0 amide bonds. The van der Waals surface area contributed by atoms with E-state index < -0.39 is 0 Å². The number of rotatable bonds is 3. The zero-order valence-corrected chi connectivity index (χ0v) is 8.71. The number of aryl methyl sites for hydroxylation is 1. The largest absolute Gasteiger partial charge is 0.493 e. The molecular formula is C11H16N2O. The van der Waals surface area contributed by atoms with Crippen LogP contribution in [0.25, 0.3) is 0 Å². The Kier molecular flexibility index (Phi) is 2.57. The maximum Gasteiger partial charge on any atom is 0.169 e. The number of hydrogen-bond donors (Lipinski definition) is 1. The molecule has 2 rings (SSSR count). The van der Waals surface area contributed by atoms with Crippen LogP contribution in [0.3, 0.4) is 0 Å². The highest BCUT2D eigenvalue weighted by atomic mass is 16.5. The molecule has 1 fully saturated rings. The number of hydrogen-bond acceptors (Lipinski definition) is 3. The van der Waals surface area contributed by atoms with Crippen LogP contribution in [-0.4, -0.2) is 18.1 Å². The number of methoxy groups -OCH3 is 1. The van der Waals surface area contributed by atoms with E-state index in [0.717, 1.165) is 17.3 Å². The van der Waals surface area contributed by atoms with E-state index in [0.29, 0.717) is 6.04 Å². The van der Waals surface area contributed by atoms with Crippen molar-refractivity contribution in [3.8, 4) is 5.75 Å². The fraction of sp³-hybridized carbons (Fsp3) is 0.545. The predicted octanol–water partition coefficient (Wildman–Crippen LogP) is 2.36. The van der Waals surface area contributed by atoms with Crippen LogP contribution in [0, 0.1) is 6.92 Å². The van der Waals surface area contributed by atoms with Gasteiger partial charge in [-0.2, -0.15) is 0 Å². The van der Waals surface area contributed by atoms with Crippen molar-refractivity contribution < 1.29 is 4.74 Å². The molecule has 0 unspecified atom stereocenters. The molecule has 76 valence electrons. The number of nitrogens with zero attached hydrogens (tertiary/aromatic N) is 1. The van der Waals surface area contributed by atoms with Gasteiger partial charge in [0.15, 0.2) is 11.6 Å². The summed E-state index contributed by atoms with van der Waals surface area (Å²) < 4.78 is 5.24. The Morgan fingerprint density at radius 2 is 2.21 bits per heavy atom. The third-order valence-corrected chi connectivity index (χ3v) is 2.66. The zero-order valence-electron chi connectivity index (χ0n) is 8.71. The Bertz CT molecular complexity index is 321. The van der Waals surface area contributed by atoms with Crippen molar-refractivity contribution in [1.29, 1.82) is 0 Å². The van der Waals surface area contributed by atoms with Gasteiger partial charge in [-0.3, -0.25) is 0 Å². The molecule has 3 nitrogen and oxygen atoms in total. The van der Waals surface area contributed by atoms with E-state index in [4.69, 9.17) is 4.74 Å². The van der Waals surface area contributed by atoms with Gasteiger partial charge in [-0.1, -0.05) is 0 Å². The minimum atomic E-state index is 0.596. The summed E-state index contributed by atoms with van der Waals surface area (Å²) in [6.45, 7) is 1.99. The Labute approximate surface area is 84.5 Å². The monoisotopic (exact) mass is 192 g/mol. The van der Waals surface area contributed by atoms with Gasteiger partial charge in [0.05, 0.1) is 7.11 Å². The topological polar surface area (TPSA) is 34.1 Å². The molecule has 1 aromatic rings. The molecule has 1 aromatic heterocycles. The molecule has 1 saturated carbocycles. The van der Waals surface area contributed by atoms with E-state index in [-0.39, 0.29) is 0 Å². The summed E-state index contributed by atoms with van der Waals surface area (Å²) in [5.74, 6) is 1.72. The maximum atomic E-state index is 5.24. The lowest BCUT2D eigenvalue weighted by Gasteiger charge is -2.27. The van der Waals surface area contributed by atoms with Crippen LogP contribution in [0.15, 0.2) is 12.1 Å². The minimum absolute atomic E-state index is 0.596. The number of pyridine rings is 1. The van der Waals surface area contributed by atoms with Gasteiger partial charge in [0.25, 0.3) is 0 Å². The van der Waals surface area contributed by atoms with E-state index in [1.54, 1.807) is 7.11 Å². The second-order valence-electron chi connectivity index (χ2n) is 3.78. The standard InChI is InChI=1S/C11H16N2O/c1-8-6-7-10(14-2)11(12-8)13-9-4-3-5-9/h6-7,9H,3-5H2,1-2H3,(H,12,13). The molecule has 0 radical (unpaired) electrons. The minimum Gasteiger partial charge on any atom is -0.493 e. The van der Waals surface area contributed by atoms with E-state index in [9.17, 15) is 0 Å². The van der Waals surface area contributed by atoms with Crippen molar-refractivity contribution in [3.05, 3.63) is 17.8 Å². The highest BCUT2D eigenvalue weighted by Crippen LogP contribution is 2.27. The molecule has 0 atom stereocenters. The van der Waals surface area contributed by atoms with Crippen LogP contribution in [0.5, 0.6) is 5.75 Å². The van der Waals surface area contributed by atoms with Crippen LogP contribution in [0.2, 0.25) is 0 Å². The normalized spacial score (nSPS) is 16.1. The second kappa shape index (κ2) is 3.86. The predicted molar refractivity (Wildman–Crippen MR) is 56.8 cm³/mol. The molecule has 0 aliphatic heterocycles. The van der Waals surface area contributed by atoms with Gasteiger partial charge < -0.3 is 10.1 Å². The third-order valence-electron chi connectivity index (χ3n) is 2.66. The van der Waals surface area contributed by atoms with Crippen LogP contribution in [0.1, 0.15) is 25.0 Å². The van der Waals surface area contributed by atoms with E-state index in [1.165, 1.54) is 19.3 Å². The first kappa shape index (κ1) is 9.31. The fourth-order valence-corrected chi connectivity index (χ4v) is 1.56. The summed E-state index contributed by atoms with van der Waals surface area (Å²) in [6, 6.07) is 4.52. The number of nitrogens with one attached hydrogen (secondary N) is 1. The Balaban J connectivity index is 2.15. The second-order valence-corrected chi connectivity index (χ2v) is 3.78. The van der Waals surface area contributed by atoms with Gasteiger partial charge in [-0.15, -0.1) is 0 Å². The van der Waals surface area contributed by atoms with E-state index in [2.05, 4.69) is 10.3 Å². The van der Waals surface area contributed by atoms with Gasteiger partial charge in [0, 0.05) is 11.7 Å². The van der Waals surface area contributed by atoms with Crippen LogP contribution >= 0.6 is 0 Å². The van der Waals surface area contributed by atoms with Crippen molar-refractivity contribution in [2.45, 2.75) is 32.2 Å². The van der Waals surface area contributed by atoms with E-state index >= 15 is 0 Å². The summed E-state index contributed by atoms with van der Waals surface area (Å²) in [5.41, 5.74) is 1.02. The van der Waals surface area contributed by atoms with Crippen LogP contribution < -0.4 is 10.1 Å². The molecule has 1 heterocycles.